The predicted octanol–water partition coefficient (Wildman–Crippen LogP) is 2.70. The Morgan fingerprint density at radius 2 is 2.11 bits per heavy atom. The summed E-state index contributed by atoms with van der Waals surface area (Å²) in [5.74, 6) is 0.953. The lowest BCUT2D eigenvalue weighted by atomic mass is 9.66. The van der Waals surface area contributed by atoms with Crippen molar-refractivity contribution in [1.82, 2.24) is 20.1 Å². The Labute approximate surface area is 161 Å². The second-order valence-electron chi connectivity index (χ2n) is 8.26. The molecule has 1 N–H and O–H groups in total. The van der Waals surface area contributed by atoms with Crippen molar-refractivity contribution in [2.24, 2.45) is 7.05 Å². The zero-order valence-electron chi connectivity index (χ0n) is 16.8. The standard InChI is InChI=1S/C21H30N4O2/c1-16-7-5-6-8-17(16)21(10-12-27-20(2,3)14-21)13-19(26)22-11-9-18-24-23-15-25(18)4/h5-8,15H,9-14H2,1-4H3,(H,22,26)/t21-/m1/s1. The van der Waals surface area contributed by atoms with E-state index in [1.807, 2.05) is 11.6 Å². The Balaban J connectivity index is 1.73. The van der Waals surface area contributed by atoms with Crippen molar-refractivity contribution in [2.75, 3.05) is 13.2 Å². The van der Waals surface area contributed by atoms with E-state index in [0.29, 0.717) is 26.0 Å². The smallest absolute Gasteiger partial charge is 0.220 e. The van der Waals surface area contributed by atoms with Crippen LogP contribution >= 0.6 is 0 Å². The molecule has 146 valence electrons. The number of aromatic nitrogens is 3. The van der Waals surface area contributed by atoms with Crippen LogP contribution in [0.3, 0.4) is 0 Å². The zero-order valence-corrected chi connectivity index (χ0v) is 16.8. The third-order valence-electron chi connectivity index (χ3n) is 5.53. The fourth-order valence-electron chi connectivity index (χ4n) is 4.34. The molecule has 2 heterocycles. The molecule has 0 spiro atoms. The Kier molecular flexibility index (Phi) is 5.65. The molecule has 27 heavy (non-hydrogen) atoms. The molecule has 6 heteroatoms. The molecule has 1 aromatic heterocycles. The monoisotopic (exact) mass is 370 g/mol. The average Bonchev–Trinajstić information content (AvgIpc) is 2.99. The van der Waals surface area contributed by atoms with Crippen molar-refractivity contribution in [3.05, 3.63) is 47.5 Å². The first-order valence-electron chi connectivity index (χ1n) is 9.61. The molecule has 1 atom stereocenters. The van der Waals surface area contributed by atoms with Gasteiger partial charge in [0, 0.05) is 38.5 Å². The van der Waals surface area contributed by atoms with E-state index >= 15 is 0 Å². The largest absolute Gasteiger partial charge is 0.376 e. The molecular weight excluding hydrogens is 340 g/mol. The fourth-order valence-corrected chi connectivity index (χ4v) is 4.34. The SMILES string of the molecule is Cc1ccccc1[C@@]1(CC(=O)NCCc2nncn2C)CCOC(C)(C)C1. The molecule has 0 unspecified atom stereocenters. The van der Waals surface area contributed by atoms with Crippen molar-refractivity contribution in [2.45, 2.75) is 57.5 Å². The summed E-state index contributed by atoms with van der Waals surface area (Å²) in [6.07, 6.45) is 4.52. The second kappa shape index (κ2) is 7.80. The number of benzene rings is 1. The molecule has 1 amide bonds. The lowest BCUT2D eigenvalue weighted by Gasteiger charge is -2.45. The van der Waals surface area contributed by atoms with Crippen LogP contribution in [0.1, 0.15) is 50.1 Å². The average molecular weight is 370 g/mol. The van der Waals surface area contributed by atoms with E-state index in [9.17, 15) is 4.79 Å². The first-order valence-corrected chi connectivity index (χ1v) is 9.61. The van der Waals surface area contributed by atoms with E-state index < -0.39 is 0 Å². The molecule has 3 rings (SSSR count). The van der Waals surface area contributed by atoms with Gasteiger partial charge in [0.05, 0.1) is 5.60 Å². The second-order valence-corrected chi connectivity index (χ2v) is 8.26. The van der Waals surface area contributed by atoms with E-state index in [-0.39, 0.29) is 16.9 Å². The van der Waals surface area contributed by atoms with Gasteiger partial charge >= 0.3 is 0 Å². The van der Waals surface area contributed by atoms with Crippen molar-refractivity contribution >= 4 is 5.91 Å². The third kappa shape index (κ3) is 4.56. The Bertz CT molecular complexity index is 799. The number of nitrogens with zero attached hydrogens (tertiary/aromatic N) is 3. The number of rotatable bonds is 6. The first kappa shape index (κ1) is 19.5. The Morgan fingerprint density at radius 1 is 1.33 bits per heavy atom. The van der Waals surface area contributed by atoms with Crippen LogP contribution in [-0.2, 0) is 28.4 Å². The summed E-state index contributed by atoms with van der Waals surface area (Å²) < 4.78 is 7.83. The molecule has 1 fully saturated rings. The number of hydrogen-bond acceptors (Lipinski definition) is 4. The summed E-state index contributed by atoms with van der Waals surface area (Å²) in [4.78, 5) is 12.8. The number of amides is 1. The van der Waals surface area contributed by atoms with E-state index in [4.69, 9.17) is 4.74 Å². The highest BCUT2D eigenvalue weighted by Crippen LogP contribution is 2.45. The normalized spacial score (nSPS) is 21.8. The highest BCUT2D eigenvalue weighted by atomic mass is 16.5. The van der Waals surface area contributed by atoms with Gasteiger partial charge in [0.1, 0.15) is 12.2 Å². The minimum absolute atomic E-state index is 0.0816. The van der Waals surface area contributed by atoms with Crippen molar-refractivity contribution in [3.63, 3.8) is 0 Å². The van der Waals surface area contributed by atoms with E-state index in [1.54, 1.807) is 6.33 Å². The highest BCUT2D eigenvalue weighted by Gasteiger charge is 2.44. The van der Waals surface area contributed by atoms with Crippen LogP contribution in [0, 0.1) is 6.92 Å². The Hall–Kier alpha value is -2.21. The van der Waals surface area contributed by atoms with Crippen LogP contribution in [0.4, 0.5) is 0 Å². The number of carbonyl (C=O) groups excluding carboxylic acids is 1. The summed E-state index contributed by atoms with van der Waals surface area (Å²) in [7, 11) is 1.91. The van der Waals surface area contributed by atoms with Crippen LogP contribution in [0.5, 0.6) is 0 Å². The van der Waals surface area contributed by atoms with E-state index in [2.05, 4.69) is 60.6 Å². The van der Waals surface area contributed by atoms with Gasteiger partial charge in [-0.3, -0.25) is 4.79 Å². The highest BCUT2D eigenvalue weighted by molar-refractivity contribution is 5.77. The van der Waals surface area contributed by atoms with Gasteiger partial charge in [-0.15, -0.1) is 10.2 Å². The maximum atomic E-state index is 12.8. The van der Waals surface area contributed by atoms with Gasteiger partial charge in [-0.1, -0.05) is 24.3 Å². The topological polar surface area (TPSA) is 69.0 Å². The molecule has 2 aromatic rings. The first-order chi connectivity index (χ1) is 12.8. The Morgan fingerprint density at radius 3 is 2.78 bits per heavy atom. The molecule has 1 aliphatic rings. The van der Waals surface area contributed by atoms with Gasteiger partial charge in [-0.25, -0.2) is 0 Å². The lowest BCUT2D eigenvalue weighted by molar-refractivity contribution is -0.126. The fraction of sp³-hybridized carbons (Fsp3) is 0.571. The number of carbonyl (C=O) groups is 1. The maximum absolute atomic E-state index is 12.8. The molecule has 1 aromatic carbocycles. The summed E-state index contributed by atoms with van der Waals surface area (Å²) in [6.45, 7) is 7.60. The minimum Gasteiger partial charge on any atom is -0.376 e. The van der Waals surface area contributed by atoms with Crippen LogP contribution < -0.4 is 5.32 Å². The number of nitrogens with one attached hydrogen (secondary N) is 1. The molecule has 1 aliphatic heterocycles. The minimum atomic E-state index is -0.237. The maximum Gasteiger partial charge on any atom is 0.220 e. The van der Waals surface area contributed by atoms with Crippen LogP contribution in [0.15, 0.2) is 30.6 Å². The molecular formula is C21H30N4O2. The van der Waals surface area contributed by atoms with Gasteiger partial charge in [-0.2, -0.15) is 0 Å². The van der Waals surface area contributed by atoms with Crippen molar-refractivity contribution < 1.29 is 9.53 Å². The summed E-state index contributed by atoms with van der Waals surface area (Å²) in [5, 5.41) is 11.0. The van der Waals surface area contributed by atoms with Crippen LogP contribution in [0.25, 0.3) is 0 Å². The molecule has 0 saturated carbocycles. The van der Waals surface area contributed by atoms with E-state index in [1.165, 1.54) is 11.1 Å². The van der Waals surface area contributed by atoms with Gasteiger partial charge in [0.2, 0.25) is 5.91 Å². The van der Waals surface area contributed by atoms with Gasteiger partial charge in [-0.05, 0) is 44.7 Å². The molecule has 6 nitrogen and oxygen atoms in total. The quantitative estimate of drug-likeness (QED) is 0.849. The lowest BCUT2D eigenvalue weighted by Crippen LogP contribution is -2.47. The van der Waals surface area contributed by atoms with Gasteiger partial charge < -0.3 is 14.6 Å². The summed E-state index contributed by atoms with van der Waals surface area (Å²) >= 11 is 0. The van der Waals surface area contributed by atoms with Crippen molar-refractivity contribution in [3.8, 4) is 0 Å². The third-order valence-corrected chi connectivity index (χ3v) is 5.53. The van der Waals surface area contributed by atoms with Crippen LogP contribution in [-0.4, -0.2) is 39.4 Å². The van der Waals surface area contributed by atoms with Crippen LogP contribution in [0.2, 0.25) is 0 Å². The number of ether oxygens (including phenoxy) is 1. The molecule has 0 bridgehead atoms. The van der Waals surface area contributed by atoms with Gasteiger partial charge in [0.25, 0.3) is 0 Å². The zero-order chi connectivity index (χ0) is 19.5. The van der Waals surface area contributed by atoms with Crippen molar-refractivity contribution in [1.29, 1.82) is 0 Å². The number of hydrogen-bond donors (Lipinski definition) is 1. The molecule has 0 aliphatic carbocycles. The predicted molar refractivity (Wildman–Crippen MR) is 104 cm³/mol. The van der Waals surface area contributed by atoms with Gasteiger partial charge in [0.15, 0.2) is 0 Å². The summed E-state index contributed by atoms with van der Waals surface area (Å²) in [5.41, 5.74) is 2.08. The molecule has 0 radical (unpaired) electrons. The number of aryl methyl sites for hydroxylation is 2. The van der Waals surface area contributed by atoms with E-state index in [0.717, 1.165) is 18.7 Å². The molecule has 1 saturated heterocycles. The summed E-state index contributed by atoms with van der Waals surface area (Å²) in [6, 6.07) is 8.42.